The zero-order valence-electron chi connectivity index (χ0n) is 25.4. The van der Waals surface area contributed by atoms with E-state index in [1.807, 2.05) is 20.8 Å². The van der Waals surface area contributed by atoms with Crippen LogP contribution in [0, 0.1) is 35.0 Å². The summed E-state index contributed by atoms with van der Waals surface area (Å²) in [6, 6.07) is 0. The van der Waals surface area contributed by atoms with Crippen LogP contribution in [0.25, 0.3) is 0 Å². The number of aliphatic hydroxyl groups is 2. The first-order valence-corrected chi connectivity index (χ1v) is 14.6. The number of Topliss-reactive ketones (excluding diaryl/α,β-unsaturated/α-hetero) is 1. The Hall–Kier alpha value is -2.78. The molecule has 0 aliphatic heterocycles. The number of carbonyl (C=O) groups excluding carboxylic acids is 4. The maximum Gasteiger partial charge on any atom is 0.333 e. The summed E-state index contributed by atoms with van der Waals surface area (Å²) in [6.45, 7) is 13.5. The molecule has 0 amide bonds. The Morgan fingerprint density at radius 3 is 2.41 bits per heavy atom. The molecule has 41 heavy (non-hydrogen) atoms. The van der Waals surface area contributed by atoms with Gasteiger partial charge in [-0.2, -0.15) is 0 Å². The highest BCUT2D eigenvalue weighted by atomic mass is 16.6. The van der Waals surface area contributed by atoms with Gasteiger partial charge in [-0.05, 0) is 50.7 Å². The summed E-state index contributed by atoms with van der Waals surface area (Å²) in [5.74, 6) is -4.85. The zero-order valence-corrected chi connectivity index (χ0v) is 25.4. The van der Waals surface area contributed by atoms with Crippen molar-refractivity contribution >= 4 is 23.7 Å². The molecule has 2 N–H and O–H groups in total. The molecule has 9 heteroatoms. The fraction of sp³-hybridized carbons (Fsp3) is 0.688. The summed E-state index contributed by atoms with van der Waals surface area (Å²) in [5.41, 5.74) is -4.13. The molecule has 0 unspecified atom stereocenters. The molecule has 4 aliphatic carbocycles. The van der Waals surface area contributed by atoms with Crippen LogP contribution in [0.15, 0.2) is 34.9 Å². The molecule has 4 rings (SSSR count). The van der Waals surface area contributed by atoms with E-state index < -0.39 is 63.6 Å². The Morgan fingerprint density at radius 2 is 1.83 bits per heavy atom. The number of allylic oxidation sites excluding steroid dienone is 1. The minimum atomic E-state index is -1.91. The predicted molar refractivity (Wildman–Crippen MR) is 149 cm³/mol. The van der Waals surface area contributed by atoms with Gasteiger partial charge in [-0.25, -0.2) is 4.79 Å². The maximum atomic E-state index is 13.3. The molecule has 0 aromatic rings. The third kappa shape index (κ3) is 4.60. The van der Waals surface area contributed by atoms with Gasteiger partial charge < -0.3 is 24.4 Å². The van der Waals surface area contributed by atoms with Gasteiger partial charge in [0.1, 0.15) is 24.4 Å². The number of rotatable bonds is 8. The van der Waals surface area contributed by atoms with Crippen LogP contribution < -0.4 is 0 Å². The molecular formula is C32H44O9. The minimum absolute atomic E-state index is 0.0510. The number of esters is 3. The number of hydrogen-bond acceptors (Lipinski definition) is 9. The van der Waals surface area contributed by atoms with E-state index in [4.69, 9.17) is 14.2 Å². The van der Waals surface area contributed by atoms with Gasteiger partial charge in [0.15, 0.2) is 5.78 Å². The smallest absolute Gasteiger partial charge is 0.333 e. The van der Waals surface area contributed by atoms with Crippen LogP contribution in [0.3, 0.4) is 0 Å². The van der Waals surface area contributed by atoms with E-state index in [1.54, 1.807) is 45.9 Å². The molecule has 9 atom stereocenters. The first kappa shape index (κ1) is 31.2. The summed E-state index contributed by atoms with van der Waals surface area (Å²) in [7, 11) is 0. The number of fused-ring (bicyclic) bond motifs is 5. The second-order valence-electron chi connectivity index (χ2n) is 12.9. The molecule has 2 saturated carbocycles. The average Bonchev–Trinajstić information content (AvgIpc) is 3.37. The summed E-state index contributed by atoms with van der Waals surface area (Å²) in [6.07, 6.45) is 5.84. The van der Waals surface area contributed by atoms with Gasteiger partial charge in [0.2, 0.25) is 0 Å². The maximum absolute atomic E-state index is 13.3. The second kappa shape index (κ2) is 10.5. The Morgan fingerprint density at radius 1 is 1.17 bits per heavy atom. The lowest BCUT2D eigenvalue weighted by Crippen LogP contribution is -2.61. The van der Waals surface area contributed by atoms with Gasteiger partial charge in [0, 0.05) is 42.1 Å². The Labute approximate surface area is 242 Å². The topological polar surface area (TPSA) is 136 Å². The lowest BCUT2D eigenvalue weighted by Gasteiger charge is -2.50. The van der Waals surface area contributed by atoms with Crippen LogP contribution in [0.4, 0.5) is 0 Å². The van der Waals surface area contributed by atoms with Crippen molar-refractivity contribution in [2.45, 2.75) is 91.5 Å². The molecule has 0 saturated heterocycles. The van der Waals surface area contributed by atoms with E-state index in [0.29, 0.717) is 23.1 Å². The highest BCUT2D eigenvalue weighted by Crippen LogP contribution is 2.77. The summed E-state index contributed by atoms with van der Waals surface area (Å²) in [4.78, 5) is 51.0. The fourth-order valence-corrected chi connectivity index (χ4v) is 7.70. The largest absolute Gasteiger partial charge is 0.462 e. The monoisotopic (exact) mass is 572 g/mol. The van der Waals surface area contributed by atoms with E-state index >= 15 is 0 Å². The molecule has 9 nitrogen and oxygen atoms in total. The van der Waals surface area contributed by atoms with Gasteiger partial charge in [0.25, 0.3) is 0 Å². The Balaban J connectivity index is 1.86. The van der Waals surface area contributed by atoms with Crippen molar-refractivity contribution in [3.63, 3.8) is 0 Å². The normalized spacial score (nSPS) is 40.1. The first-order valence-electron chi connectivity index (χ1n) is 14.6. The Kier molecular flexibility index (Phi) is 7.97. The fourth-order valence-electron chi connectivity index (χ4n) is 7.70. The van der Waals surface area contributed by atoms with Gasteiger partial charge in [-0.3, -0.25) is 14.4 Å². The number of hydrogen-bond donors (Lipinski definition) is 2. The van der Waals surface area contributed by atoms with Gasteiger partial charge in [-0.15, -0.1) is 0 Å². The third-order valence-electron chi connectivity index (χ3n) is 10.5. The van der Waals surface area contributed by atoms with Crippen LogP contribution in [0.1, 0.15) is 74.7 Å². The minimum Gasteiger partial charge on any atom is -0.462 e. The van der Waals surface area contributed by atoms with E-state index in [2.05, 4.69) is 0 Å². The van der Waals surface area contributed by atoms with Gasteiger partial charge in [0.05, 0.1) is 11.5 Å². The van der Waals surface area contributed by atoms with Crippen molar-refractivity contribution in [2.24, 2.45) is 35.0 Å². The van der Waals surface area contributed by atoms with Gasteiger partial charge >= 0.3 is 17.9 Å². The predicted octanol–water partition coefficient (Wildman–Crippen LogP) is 3.62. The molecule has 4 aliphatic rings. The highest BCUT2D eigenvalue weighted by molar-refractivity contribution is 6.04. The molecule has 0 radical (unpaired) electrons. The first-order chi connectivity index (χ1) is 19.0. The van der Waals surface area contributed by atoms with Crippen LogP contribution in [0.5, 0.6) is 0 Å². The Bertz CT molecular complexity index is 1250. The van der Waals surface area contributed by atoms with E-state index in [-0.39, 0.29) is 37.9 Å². The van der Waals surface area contributed by atoms with Crippen molar-refractivity contribution in [2.75, 3.05) is 13.2 Å². The van der Waals surface area contributed by atoms with Crippen LogP contribution in [0.2, 0.25) is 0 Å². The van der Waals surface area contributed by atoms with Crippen LogP contribution in [-0.4, -0.2) is 63.9 Å². The van der Waals surface area contributed by atoms with Gasteiger partial charge in [-0.1, -0.05) is 45.9 Å². The number of ketones is 1. The third-order valence-corrected chi connectivity index (χ3v) is 10.5. The van der Waals surface area contributed by atoms with Crippen LogP contribution in [-0.2, 0) is 33.4 Å². The van der Waals surface area contributed by atoms with Crippen molar-refractivity contribution in [3.8, 4) is 0 Å². The average molecular weight is 573 g/mol. The number of carbonyl (C=O) groups is 4. The summed E-state index contributed by atoms with van der Waals surface area (Å²) < 4.78 is 17.4. The zero-order chi connectivity index (χ0) is 30.7. The van der Waals surface area contributed by atoms with E-state index in [0.717, 1.165) is 0 Å². The summed E-state index contributed by atoms with van der Waals surface area (Å²) in [5, 5.41) is 24.6. The molecule has 0 spiro atoms. The number of ether oxygens (including phenoxy) is 3. The molecule has 0 aromatic heterocycles. The standard InChI is InChI=1S/C32H44O9/c1-9-17(3)27(35)40-16-29(8)25-23-12-22(15-39-21(7)33)14-30(37)24(11-19(5)26(30)34)32(23,38)20(6)13-31(25,29)41-28(36)18(4)10-2/h9,11-12,18,20,23-25,37-38H,10,13-16H2,1-8H3/b17-9-/t18-,20+,23-,24+,25+,29+,30+,31-,32+/m0/s1. The van der Waals surface area contributed by atoms with Crippen LogP contribution >= 0.6 is 0 Å². The molecule has 226 valence electrons. The lowest BCUT2D eigenvalue weighted by molar-refractivity contribution is -0.189. The quantitative estimate of drug-likeness (QED) is 0.193. The van der Waals surface area contributed by atoms with Crippen molar-refractivity contribution in [1.82, 2.24) is 0 Å². The molecule has 2 fully saturated rings. The molecular weight excluding hydrogens is 528 g/mol. The summed E-state index contributed by atoms with van der Waals surface area (Å²) >= 11 is 0. The van der Waals surface area contributed by atoms with E-state index in [9.17, 15) is 29.4 Å². The highest BCUT2D eigenvalue weighted by Gasteiger charge is 2.85. The van der Waals surface area contributed by atoms with Crippen molar-refractivity contribution < 1.29 is 43.6 Å². The lowest BCUT2D eigenvalue weighted by atomic mass is 9.60. The molecule has 0 aromatic carbocycles. The van der Waals surface area contributed by atoms with Crippen molar-refractivity contribution in [1.29, 1.82) is 0 Å². The van der Waals surface area contributed by atoms with Crippen molar-refractivity contribution in [3.05, 3.63) is 34.9 Å². The SMILES string of the molecule is C/C=C(/C)C(=O)OC[C@]1(C)[C@H]2[C@@H]3C=C(COC(C)=O)C[C@]4(O)C(=O)C(C)=C[C@H]4[C@@]3(O)[C@H](C)C[C@]21OC(=O)[C@@H](C)CC. The van der Waals surface area contributed by atoms with E-state index in [1.165, 1.54) is 6.92 Å². The molecule has 0 bridgehead atoms. The molecule has 0 heterocycles. The second-order valence-corrected chi connectivity index (χ2v) is 12.9.